The molecule has 0 aromatic heterocycles. The summed E-state index contributed by atoms with van der Waals surface area (Å²) < 4.78 is 17.8. The molecule has 20 heavy (non-hydrogen) atoms. The van der Waals surface area contributed by atoms with E-state index in [0.29, 0.717) is 5.69 Å². The summed E-state index contributed by atoms with van der Waals surface area (Å²) in [4.78, 5) is 11.9. The van der Waals surface area contributed by atoms with Gasteiger partial charge < -0.3 is 9.84 Å². The lowest BCUT2D eigenvalue weighted by Crippen LogP contribution is -2.26. The van der Waals surface area contributed by atoms with Crippen molar-refractivity contribution >= 4 is 29.8 Å². The first-order valence-corrected chi connectivity index (χ1v) is 9.67. The van der Waals surface area contributed by atoms with Crippen LogP contribution < -0.4 is 10.4 Å². The van der Waals surface area contributed by atoms with Gasteiger partial charge >= 0.3 is 12.8 Å². The molecule has 5 nitrogen and oxygen atoms in total. The van der Waals surface area contributed by atoms with Gasteiger partial charge in [0.05, 0.1) is 6.61 Å². The maximum absolute atomic E-state index is 12.6. The van der Waals surface area contributed by atoms with Crippen molar-refractivity contribution < 1.29 is 13.9 Å². The van der Waals surface area contributed by atoms with Crippen molar-refractivity contribution in [3.8, 4) is 0 Å². The van der Waals surface area contributed by atoms with E-state index in [-0.39, 0.29) is 11.9 Å². The van der Waals surface area contributed by atoms with Gasteiger partial charge in [0.15, 0.2) is 0 Å². The Morgan fingerprint density at radius 2 is 2.00 bits per heavy atom. The van der Waals surface area contributed by atoms with Gasteiger partial charge in [0.1, 0.15) is 0 Å². The normalized spacial score (nSPS) is 15.2. The molecular weight excluding hydrogens is 295 g/mol. The molecule has 2 N–H and O–H groups in total. The lowest BCUT2D eigenvalue weighted by Gasteiger charge is -2.20. The molecule has 0 aliphatic carbocycles. The molecule has 112 valence electrons. The van der Waals surface area contributed by atoms with Crippen LogP contribution in [0.1, 0.15) is 27.2 Å². The standard InChI is InChI=1S/C13H21N2O3PS/c1-4-11(3)20-19(17,18-5-2)15-13(16)14-12-9-7-6-8-10-12/h6-11H,4-5H2,1-3H3,(H2,14,15,16,17). The summed E-state index contributed by atoms with van der Waals surface area (Å²) in [7, 11) is 0. The van der Waals surface area contributed by atoms with Gasteiger partial charge in [-0.25, -0.2) is 4.79 Å². The predicted octanol–water partition coefficient (Wildman–Crippen LogP) is 4.48. The Hall–Kier alpha value is -0.970. The van der Waals surface area contributed by atoms with Gasteiger partial charge in [-0.3, -0.25) is 9.65 Å². The maximum Gasteiger partial charge on any atom is 0.354 e. The van der Waals surface area contributed by atoms with Crippen LogP contribution in [0.2, 0.25) is 0 Å². The average molecular weight is 316 g/mol. The molecule has 1 aromatic rings. The Morgan fingerprint density at radius 1 is 1.35 bits per heavy atom. The molecule has 0 spiro atoms. The molecule has 2 atom stereocenters. The van der Waals surface area contributed by atoms with E-state index in [1.165, 1.54) is 11.4 Å². The van der Waals surface area contributed by atoms with Gasteiger partial charge in [0.2, 0.25) is 0 Å². The van der Waals surface area contributed by atoms with Crippen LogP contribution in [-0.2, 0) is 9.09 Å². The molecule has 0 bridgehead atoms. The minimum Gasteiger partial charge on any atom is -0.308 e. The van der Waals surface area contributed by atoms with Crippen molar-refractivity contribution in [3.05, 3.63) is 30.3 Å². The topological polar surface area (TPSA) is 67.4 Å². The van der Waals surface area contributed by atoms with Crippen LogP contribution in [0.3, 0.4) is 0 Å². The average Bonchev–Trinajstić information content (AvgIpc) is 2.39. The molecule has 2 unspecified atom stereocenters. The smallest absolute Gasteiger partial charge is 0.308 e. The van der Waals surface area contributed by atoms with Gasteiger partial charge in [-0.1, -0.05) is 32.0 Å². The summed E-state index contributed by atoms with van der Waals surface area (Å²) in [5.41, 5.74) is 0.640. The Labute approximate surface area is 124 Å². The second-order valence-electron chi connectivity index (χ2n) is 4.17. The van der Waals surface area contributed by atoms with Gasteiger partial charge in [-0.05, 0) is 36.9 Å². The fourth-order valence-electron chi connectivity index (χ4n) is 1.38. The van der Waals surface area contributed by atoms with Gasteiger partial charge in [0.25, 0.3) is 0 Å². The first kappa shape index (κ1) is 17.1. The second kappa shape index (κ2) is 8.35. The molecule has 7 heteroatoms. The number of para-hydroxylation sites is 1. The number of nitrogens with one attached hydrogen (secondary N) is 2. The number of anilines is 1. The zero-order valence-corrected chi connectivity index (χ0v) is 13.7. The number of carbonyl (C=O) groups is 1. The van der Waals surface area contributed by atoms with E-state index >= 15 is 0 Å². The number of hydrogen-bond donors (Lipinski definition) is 2. The summed E-state index contributed by atoms with van der Waals surface area (Å²) in [5, 5.41) is 5.23. The summed E-state index contributed by atoms with van der Waals surface area (Å²) in [6, 6.07) is 8.47. The van der Waals surface area contributed by atoms with Crippen LogP contribution in [0.15, 0.2) is 30.3 Å². The second-order valence-corrected chi connectivity index (χ2v) is 8.74. The molecule has 0 aliphatic heterocycles. The molecule has 0 radical (unpaired) electrons. The molecule has 1 rings (SSSR count). The van der Waals surface area contributed by atoms with Crippen molar-refractivity contribution in [1.82, 2.24) is 5.09 Å². The molecule has 0 heterocycles. The van der Waals surface area contributed by atoms with Crippen molar-refractivity contribution in [2.45, 2.75) is 32.4 Å². The monoisotopic (exact) mass is 316 g/mol. The number of carbonyl (C=O) groups excluding carboxylic acids is 1. The van der Waals surface area contributed by atoms with E-state index in [4.69, 9.17) is 4.52 Å². The Morgan fingerprint density at radius 3 is 2.55 bits per heavy atom. The van der Waals surface area contributed by atoms with Crippen LogP contribution in [0.5, 0.6) is 0 Å². The van der Waals surface area contributed by atoms with E-state index in [1.54, 1.807) is 19.1 Å². The highest BCUT2D eigenvalue weighted by Crippen LogP contribution is 2.58. The first-order chi connectivity index (χ1) is 9.49. The Bertz CT molecular complexity index is 470. The van der Waals surface area contributed by atoms with E-state index in [1.807, 2.05) is 32.0 Å². The molecular formula is C13H21N2O3PS. The number of rotatable bonds is 7. The Balaban J connectivity index is 2.65. The summed E-state index contributed by atoms with van der Waals surface area (Å²) >= 11 is 1.17. The number of urea groups is 1. The van der Waals surface area contributed by atoms with Crippen molar-refractivity contribution in [3.63, 3.8) is 0 Å². The third-order valence-electron chi connectivity index (χ3n) is 2.46. The Kier molecular flexibility index (Phi) is 7.13. The van der Waals surface area contributed by atoms with E-state index in [9.17, 15) is 9.36 Å². The van der Waals surface area contributed by atoms with Crippen LogP contribution in [0.4, 0.5) is 10.5 Å². The van der Waals surface area contributed by atoms with E-state index in [2.05, 4.69) is 10.4 Å². The van der Waals surface area contributed by atoms with E-state index < -0.39 is 12.8 Å². The quantitative estimate of drug-likeness (QED) is 0.728. The van der Waals surface area contributed by atoms with Crippen LogP contribution in [0.25, 0.3) is 0 Å². The molecule has 0 fully saturated rings. The minimum absolute atomic E-state index is 0.143. The number of benzene rings is 1. The number of amides is 2. The zero-order valence-electron chi connectivity index (χ0n) is 12.0. The van der Waals surface area contributed by atoms with Crippen molar-refractivity contribution in [2.75, 3.05) is 11.9 Å². The molecule has 2 amide bonds. The van der Waals surface area contributed by atoms with Crippen molar-refractivity contribution in [1.29, 1.82) is 0 Å². The van der Waals surface area contributed by atoms with Crippen molar-refractivity contribution in [2.24, 2.45) is 0 Å². The highest BCUT2D eigenvalue weighted by atomic mass is 32.7. The zero-order chi connectivity index (χ0) is 15.0. The minimum atomic E-state index is -3.23. The van der Waals surface area contributed by atoms with E-state index in [0.717, 1.165) is 6.42 Å². The predicted molar refractivity (Wildman–Crippen MR) is 85.2 cm³/mol. The highest BCUT2D eigenvalue weighted by Gasteiger charge is 2.28. The molecule has 1 aromatic carbocycles. The summed E-state index contributed by atoms with van der Waals surface area (Å²) in [6.45, 7) is 2.75. The van der Waals surface area contributed by atoms with Gasteiger partial charge in [0, 0.05) is 10.9 Å². The van der Waals surface area contributed by atoms with Gasteiger partial charge in [-0.2, -0.15) is 0 Å². The highest BCUT2D eigenvalue weighted by molar-refractivity contribution is 8.56. The number of hydrogen-bond acceptors (Lipinski definition) is 4. The molecule has 0 saturated carbocycles. The third-order valence-corrected chi connectivity index (χ3v) is 7.01. The summed E-state index contributed by atoms with van der Waals surface area (Å²) in [5.74, 6) is 0. The molecule has 0 aliphatic rings. The fraction of sp³-hybridized carbons (Fsp3) is 0.462. The SMILES string of the molecule is CCOP(=O)(NC(=O)Nc1ccccc1)SC(C)CC. The first-order valence-electron chi connectivity index (χ1n) is 6.56. The van der Waals surface area contributed by atoms with Crippen LogP contribution >= 0.6 is 18.1 Å². The lowest BCUT2D eigenvalue weighted by molar-refractivity contribution is 0.254. The largest absolute Gasteiger partial charge is 0.354 e. The fourth-order valence-corrected chi connectivity index (χ4v) is 5.60. The maximum atomic E-state index is 12.6. The lowest BCUT2D eigenvalue weighted by atomic mass is 10.3. The third kappa shape index (κ3) is 5.99. The molecule has 0 saturated heterocycles. The van der Waals surface area contributed by atoms with Crippen LogP contribution in [0, 0.1) is 0 Å². The summed E-state index contributed by atoms with van der Waals surface area (Å²) in [6.07, 6.45) is 0.851. The van der Waals surface area contributed by atoms with Gasteiger partial charge in [-0.15, -0.1) is 0 Å². The van der Waals surface area contributed by atoms with Crippen LogP contribution in [-0.4, -0.2) is 17.9 Å².